The summed E-state index contributed by atoms with van der Waals surface area (Å²) in [6.07, 6.45) is 0.155. The number of carbonyl (C=O) groups excluding carboxylic acids is 2. The minimum atomic E-state index is -0.566. The highest BCUT2D eigenvalue weighted by Crippen LogP contribution is 2.46. The lowest BCUT2D eigenvalue weighted by molar-refractivity contribution is -0.139. The first-order chi connectivity index (χ1) is 17.9. The summed E-state index contributed by atoms with van der Waals surface area (Å²) in [5.74, 6) is 0.701. The minimum Gasteiger partial charge on any atom is -0.497 e. The van der Waals surface area contributed by atoms with E-state index in [4.69, 9.17) is 19.2 Å². The van der Waals surface area contributed by atoms with Gasteiger partial charge in [-0.1, -0.05) is 42.1 Å². The molecule has 0 saturated heterocycles. The topological polar surface area (TPSA) is 80.7 Å². The SMILES string of the molecule is CCOC(=O)C1=C(C)N=C2SC=C(CC(=O)N(C)Cc3ccccc3)N2[C@H]1c1cc(OC)cc(OC)c1. The standard InChI is InChI=1S/C28H31N3O5S/c1-6-36-27(33)25-18(2)29-28-31(26(25)20-12-22(34-4)15-23(13-20)35-5)21(17-37-28)14-24(32)30(3)16-19-10-8-7-9-11-19/h7-13,15,17,26H,6,14,16H2,1-5H3/t26-/m0/s1. The lowest BCUT2D eigenvalue weighted by Crippen LogP contribution is -2.38. The van der Waals surface area contributed by atoms with E-state index in [0.717, 1.165) is 16.8 Å². The largest absolute Gasteiger partial charge is 0.497 e. The molecule has 0 bridgehead atoms. The number of allylic oxidation sites excluding steroid dienone is 1. The number of methoxy groups -OCH3 is 2. The summed E-state index contributed by atoms with van der Waals surface area (Å²) >= 11 is 1.44. The lowest BCUT2D eigenvalue weighted by Gasteiger charge is -2.36. The van der Waals surface area contributed by atoms with Gasteiger partial charge < -0.3 is 24.0 Å². The summed E-state index contributed by atoms with van der Waals surface area (Å²) in [5, 5.41) is 2.63. The second kappa shape index (κ2) is 11.6. The Balaban J connectivity index is 1.70. The Kier molecular flexibility index (Phi) is 8.23. The monoisotopic (exact) mass is 521 g/mol. The molecule has 9 heteroatoms. The van der Waals surface area contributed by atoms with E-state index in [1.165, 1.54) is 11.8 Å². The second-order valence-electron chi connectivity index (χ2n) is 8.67. The van der Waals surface area contributed by atoms with Crippen molar-refractivity contribution < 1.29 is 23.8 Å². The molecular weight excluding hydrogens is 490 g/mol. The molecule has 2 aliphatic heterocycles. The van der Waals surface area contributed by atoms with E-state index in [2.05, 4.69) is 0 Å². The molecule has 0 spiro atoms. The summed E-state index contributed by atoms with van der Waals surface area (Å²) in [6.45, 7) is 4.32. The zero-order valence-electron chi connectivity index (χ0n) is 21.7. The van der Waals surface area contributed by atoms with Crippen LogP contribution in [0.1, 0.15) is 37.4 Å². The van der Waals surface area contributed by atoms with Crippen LogP contribution in [-0.2, 0) is 20.9 Å². The first-order valence-electron chi connectivity index (χ1n) is 12.0. The van der Waals surface area contributed by atoms with Gasteiger partial charge in [0.2, 0.25) is 5.91 Å². The highest BCUT2D eigenvalue weighted by Gasteiger charge is 2.41. The van der Waals surface area contributed by atoms with Crippen molar-refractivity contribution in [2.45, 2.75) is 32.9 Å². The molecule has 1 amide bonds. The molecule has 8 nitrogen and oxygen atoms in total. The Labute approximate surface area is 221 Å². The van der Waals surface area contributed by atoms with Crippen LogP contribution in [0.5, 0.6) is 11.5 Å². The van der Waals surface area contributed by atoms with E-state index in [1.54, 1.807) is 46.1 Å². The number of amidine groups is 1. The molecule has 37 heavy (non-hydrogen) atoms. The summed E-state index contributed by atoms with van der Waals surface area (Å²) in [6, 6.07) is 14.8. The van der Waals surface area contributed by atoms with Crippen molar-refractivity contribution in [2.75, 3.05) is 27.9 Å². The van der Waals surface area contributed by atoms with E-state index in [-0.39, 0.29) is 18.9 Å². The van der Waals surface area contributed by atoms with Crippen LogP contribution < -0.4 is 9.47 Å². The molecule has 2 heterocycles. The fourth-order valence-corrected chi connectivity index (χ4v) is 5.34. The predicted molar refractivity (Wildman–Crippen MR) is 144 cm³/mol. The van der Waals surface area contributed by atoms with Crippen molar-refractivity contribution in [1.29, 1.82) is 0 Å². The first kappa shape index (κ1) is 26.3. The maximum absolute atomic E-state index is 13.3. The molecule has 0 radical (unpaired) electrons. The van der Waals surface area contributed by atoms with Gasteiger partial charge in [0.15, 0.2) is 5.17 Å². The predicted octanol–water partition coefficient (Wildman–Crippen LogP) is 4.89. The van der Waals surface area contributed by atoms with E-state index in [0.29, 0.717) is 34.5 Å². The Morgan fingerprint density at radius 1 is 1.08 bits per heavy atom. The Bertz CT molecular complexity index is 1250. The van der Waals surface area contributed by atoms with Crippen LogP contribution >= 0.6 is 11.8 Å². The van der Waals surface area contributed by atoms with Gasteiger partial charge in [-0.15, -0.1) is 0 Å². The molecule has 2 aromatic rings. The van der Waals surface area contributed by atoms with Crippen molar-refractivity contribution in [3.05, 3.63) is 82.0 Å². The van der Waals surface area contributed by atoms with E-state index in [9.17, 15) is 9.59 Å². The van der Waals surface area contributed by atoms with Gasteiger partial charge in [0.1, 0.15) is 11.5 Å². The summed E-state index contributed by atoms with van der Waals surface area (Å²) in [4.78, 5) is 34.8. The van der Waals surface area contributed by atoms with Gasteiger partial charge in [0.25, 0.3) is 0 Å². The summed E-state index contributed by atoms with van der Waals surface area (Å²) in [5.41, 5.74) is 3.57. The molecule has 0 N–H and O–H groups in total. The van der Waals surface area contributed by atoms with Crippen molar-refractivity contribution in [2.24, 2.45) is 4.99 Å². The van der Waals surface area contributed by atoms with Gasteiger partial charge in [-0.25, -0.2) is 9.79 Å². The van der Waals surface area contributed by atoms with Gasteiger partial charge in [0.05, 0.1) is 44.6 Å². The van der Waals surface area contributed by atoms with Gasteiger partial charge in [-0.2, -0.15) is 0 Å². The number of thioether (sulfide) groups is 1. The Morgan fingerprint density at radius 2 is 1.76 bits per heavy atom. The van der Waals surface area contributed by atoms with Crippen molar-refractivity contribution in [3.8, 4) is 11.5 Å². The highest BCUT2D eigenvalue weighted by molar-refractivity contribution is 8.16. The van der Waals surface area contributed by atoms with Crippen LogP contribution in [-0.4, -0.2) is 54.7 Å². The zero-order chi connectivity index (χ0) is 26.5. The molecule has 0 aliphatic carbocycles. The minimum absolute atomic E-state index is 0.0390. The average molecular weight is 522 g/mol. The maximum Gasteiger partial charge on any atom is 0.338 e. The molecule has 2 aromatic carbocycles. The zero-order valence-corrected chi connectivity index (χ0v) is 22.5. The number of nitrogens with zero attached hydrogens (tertiary/aromatic N) is 3. The third kappa shape index (κ3) is 5.67. The molecule has 0 saturated carbocycles. The number of hydrogen-bond donors (Lipinski definition) is 0. The normalized spacial score (nSPS) is 16.6. The molecule has 0 aromatic heterocycles. The Hall–Kier alpha value is -3.72. The number of amides is 1. The summed E-state index contributed by atoms with van der Waals surface area (Å²) in [7, 11) is 4.96. The van der Waals surface area contributed by atoms with E-state index in [1.807, 2.05) is 52.8 Å². The molecule has 0 unspecified atom stereocenters. The van der Waals surface area contributed by atoms with Crippen LogP contribution in [0, 0.1) is 0 Å². The maximum atomic E-state index is 13.3. The van der Waals surface area contributed by atoms with E-state index >= 15 is 0 Å². The number of ether oxygens (including phenoxy) is 3. The van der Waals surface area contributed by atoms with Crippen molar-refractivity contribution in [1.82, 2.24) is 9.80 Å². The van der Waals surface area contributed by atoms with Crippen LogP contribution in [0.25, 0.3) is 0 Å². The fourth-order valence-electron chi connectivity index (χ4n) is 4.38. The number of benzene rings is 2. The number of esters is 1. The van der Waals surface area contributed by atoms with Gasteiger partial charge in [-0.05, 0) is 42.5 Å². The average Bonchev–Trinajstić information content (AvgIpc) is 3.29. The number of aliphatic imine (C=N–C) groups is 1. The molecular formula is C28H31N3O5S. The Morgan fingerprint density at radius 3 is 2.38 bits per heavy atom. The smallest absolute Gasteiger partial charge is 0.338 e. The molecule has 2 aliphatic rings. The molecule has 1 atom stereocenters. The van der Waals surface area contributed by atoms with Gasteiger partial charge >= 0.3 is 5.97 Å². The number of hydrogen-bond acceptors (Lipinski definition) is 8. The number of carbonyl (C=O) groups is 2. The molecule has 0 fully saturated rings. The lowest BCUT2D eigenvalue weighted by atomic mass is 9.93. The van der Waals surface area contributed by atoms with Crippen LogP contribution in [0.3, 0.4) is 0 Å². The second-order valence-corrected chi connectivity index (χ2v) is 9.51. The van der Waals surface area contributed by atoms with Crippen LogP contribution in [0.2, 0.25) is 0 Å². The molecule has 194 valence electrons. The quantitative estimate of drug-likeness (QED) is 0.435. The van der Waals surface area contributed by atoms with Gasteiger partial charge in [-0.3, -0.25) is 4.79 Å². The number of fused-ring (bicyclic) bond motifs is 1. The molecule has 4 rings (SSSR count). The first-order valence-corrected chi connectivity index (χ1v) is 12.9. The highest BCUT2D eigenvalue weighted by atomic mass is 32.2. The third-order valence-electron chi connectivity index (χ3n) is 6.21. The van der Waals surface area contributed by atoms with Crippen LogP contribution in [0.4, 0.5) is 0 Å². The summed E-state index contributed by atoms with van der Waals surface area (Å²) < 4.78 is 16.4. The van der Waals surface area contributed by atoms with Crippen molar-refractivity contribution in [3.63, 3.8) is 0 Å². The van der Waals surface area contributed by atoms with Crippen molar-refractivity contribution >= 4 is 28.8 Å². The van der Waals surface area contributed by atoms with Crippen LogP contribution in [0.15, 0.2) is 75.9 Å². The van der Waals surface area contributed by atoms with E-state index < -0.39 is 12.0 Å². The fraction of sp³-hybridized carbons (Fsp3) is 0.321. The third-order valence-corrected chi connectivity index (χ3v) is 7.09. The van der Waals surface area contributed by atoms with Gasteiger partial charge in [0, 0.05) is 25.4 Å². The number of rotatable bonds is 9.